The van der Waals surface area contributed by atoms with Gasteiger partial charge in [-0.1, -0.05) is 51.0 Å². The highest BCUT2D eigenvalue weighted by atomic mass is 32.1. The quantitative estimate of drug-likeness (QED) is 0.114. The summed E-state index contributed by atoms with van der Waals surface area (Å²) in [4.78, 5) is 85.7. The summed E-state index contributed by atoms with van der Waals surface area (Å²) >= 11 is 1.16. The lowest BCUT2D eigenvalue weighted by Gasteiger charge is -2.71. The van der Waals surface area contributed by atoms with Crippen molar-refractivity contribution < 1.29 is 67.8 Å². The molecule has 15 nitrogen and oxygen atoms in total. The SMILES string of the molecule is CC(=O)O[C@@]12CC[C@@H]1C[C@H](O)[C@@]1(C)C(=O)[C@H](OC(=O)C3CCCC3)C3=C(C)[C@@H](OC(=O)[C@H](O)[C@@H](NC(=O)OC(C)C)c4cccs4)C[C@](O)(C3(C)C)[C@](C)(OC(=O)c3ccccc3)C12. The molecule has 16 heteroatoms. The zero-order chi connectivity index (χ0) is 46.7. The van der Waals surface area contributed by atoms with Crippen molar-refractivity contribution in [1.29, 1.82) is 0 Å². The number of carbonyl (C=O) groups excluding carboxylic acids is 6. The Morgan fingerprint density at radius 1 is 0.922 bits per heavy atom. The summed E-state index contributed by atoms with van der Waals surface area (Å²) in [5.41, 5.74) is -9.52. The lowest BCUT2D eigenvalue weighted by Crippen LogP contribution is -2.82. The van der Waals surface area contributed by atoms with Gasteiger partial charge in [-0.15, -0.1) is 11.3 Å². The van der Waals surface area contributed by atoms with Crippen LogP contribution < -0.4 is 5.32 Å². The first-order valence-electron chi connectivity index (χ1n) is 22.3. The molecule has 0 spiro atoms. The minimum atomic E-state index is -2.39. The van der Waals surface area contributed by atoms with E-state index in [4.69, 9.17) is 23.7 Å². The number of benzene rings is 1. The van der Waals surface area contributed by atoms with Gasteiger partial charge in [-0.3, -0.25) is 14.4 Å². The largest absolute Gasteiger partial charge is 0.458 e. The molecule has 1 heterocycles. The molecule has 0 radical (unpaired) electrons. The number of Topliss-reactive ketones (excluding diaryl/α,β-unsaturated/α-hetero) is 1. The maximum Gasteiger partial charge on any atom is 0.408 e. The number of aliphatic hydroxyl groups excluding tert-OH is 2. The normalized spacial score (nSPS) is 34.1. The molecule has 11 atom stereocenters. The van der Waals surface area contributed by atoms with Crippen molar-refractivity contribution in [3.05, 3.63) is 69.4 Å². The molecular formula is C48H61NO14S. The van der Waals surface area contributed by atoms with Crippen LogP contribution in [-0.2, 0) is 42.9 Å². The summed E-state index contributed by atoms with van der Waals surface area (Å²) < 4.78 is 30.8. The third kappa shape index (κ3) is 7.65. The van der Waals surface area contributed by atoms with Crippen molar-refractivity contribution in [2.75, 3.05) is 0 Å². The van der Waals surface area contributed by atoms with Crippen LogP contribution in [0.2, 0.25) is 0 Å². The van der Waals surface area contributed by atoms with Gasteiger partial charge in [0, 0.05) is 29.6 Å². The second kappa shape index (κ2) is 17.3. The van der Waals surface area contributed by atoms with E-state index < -0.39 is 124 Å². The van der Waals surface area contributed by atoms with Crippen LogP contribution in [0.3, 0.4) is 0 Å². The molecule has 4 N–H and O–H groups in total. The molecule has 348 valence electrons. The second-order valence-electron chi connectivity index (χ2n) is 19.5. The number of amides is 1. The van der Waals surface area contributed by atoms with Crippen molar-refractivity contribution in [1.82, 2.24) is 5.32 Å². The first-order valence-corrected chi connectivity index (χ1v) is 23.1. The van der Waals surface area contributed by atoms with Crippen molar-refractivity contribution in [3.8, 4) is 0 Å². The number of carbonyl (C=O) groups is 6. The Morgan fingerprint density at radius 3 is 2.17 bits per heavy atom. The van der Waals surface area contributed by atoms with Gasteiger partial charge in [0.25, 0.3) is 0 Å². The van der Waals surface area contributed by atoms with Gasteiger partial charge in [-0.05, 0) is 101 Å². The Balaban J connectivity index is 1.44. The van der Waals surface area contributed by atoms with Crippen LogP contribution in [0.15, 0.2) is 59.0 Å². The van der Waals surface area contributed by atoms with E-state index in [1.54, 1.807) is 70.3 Å². The number of rotatable bonds is 11. The highest BCUT2D eigenvalue weighted by Crippen LogP contribution is 2.70. The van der Waals surface area contributed by atoms with E-state index in [2.05, 4.69) is 5.32 Å². The second-order valence-corrected chi connectivity index (χ2v) is 20.5. The number of aliphatic hydroxyl groups is 3. The van der Waals surface area contributed by atoms with E-state index >= 15 is 4.79 Å². The Morgan fingerprint density at radius 2 is 1.59 bits per heavy atom. The predicted molar refractivity (Wildman–Crippen MR) is 230 cm³/mol. The molecule has 4 saturated carbocycles. The number of ketones is 1. The highest BCUT2D eigenvalue weighted by molar-refractivity contribution is 7.10. The first kappa shape index (κ1) is 47.3. The summed E-state index contributed by atoms with van der Waals surface area (Å²) in [6, 6.07) is 9.97. The fourth-order valence-electron chi connectivity index (χ4n) is 12.0. The molecule has 2 aromatic rings. The lowest BCUT2D eigenvalue weighted by atomic mass is 9.38. The van der Waals surface area contributed by atoms with Gasteiger partial charge in [0.15, 0.2) is 18.0 Å². The molecule has 1 unspecified atom stereocenters. The average molecular weight is 908 g/mol. The van der Waals surface area contributed by atoms with E-state index in [0.717, 1.165) is 24.2 Å². The maximum absolute atomic E-state index is 16.0. The van der Waals surface area contributed by atoms with E-state index in [0.29, 0.717) is 24.1 Å². The first-order chi connectivity index (χ1) is 30.0. The van der Waals surface area contributed by atoms with Crippen LogP contribution in [0.25, 0.3) is 0 Å². The summed E-state index contributed by atoms with van der Waals surface area (Å²) in [6.45, 7) is 12.3. The molecule has 5 aliphatic rings. The van der Waals surface area contributed by atoms with Crippen molar-refractivity contribution in [3.63, 3.8) is 0 Å². The summed E-state index contributed by atoms with van der Waals surface area (Å²) in [7, 11) is 0. The Labute approximate surface area is 377 Å². The third-order valence-corrected chi connectivity index (χ3v) is 16.2. The molecule has 0 saturated heterocycles. The molecule has 1 amide bonds. The van der Waals surface area contributed by atoms with Crippen molar-refractivity contribution in [2.24, 2.45) is 28.6 Å². The van der Waals surface area contributed by atoms with Gasteiger partial charge in [0.05, 0.1) is 35.0 Å². The number of ether oxygens (including phenoxy) is 5. The molecule has 1 aromatic carbocycles. The average Bonchev–Trinajstić information content (AvgIpc) is 3.97. The van der Waals surface area contributed by atoms with Crippen LogP contribution in [0, 0.1) is 28.6 Å². The van der Waals surface area contributed by atoms with E-state index in [1.807, 2.05) is 0 Å². The van der Waals surface area contributed by atoms with Crippen LogP contribution >= 0.6 is 11.3 Å². The maximum atomic E-state index is 16.0. The fourth-order valence-corrected chi connectivity index (χ4v) is 12.8. The molecular weight excluding hydrogens is 847 g/mol. The number of alkyl carbamates (subject to hydrolysis) is 1. The predicted octanol–water partition coefficient (Wildman–Crippen LogP) is 6.07. The number of thiophene rings is 1. The van der Waals surface area contributed by atoms with Crippen LogP contribution in [0.4, 0.5) is 4.79 Å². The van der Waals surface area contributed by atoms with Gasteiger partial charge in [0.2, 0.25) is 0 Å². The lowest BCUT2D eigenvalue weighted by molar-refractivity contribution is -0.326. The summed E-state index contributed by atoms with van der Waals surface area (Å²) in [5, 5.41) is 42.5. The van der Waals surface area contributed by atoms with Crippen molar-refractivity contribution in [2.45, 2.75) is 160 Å². The van der Waals surface area contributed by atoms with Crippen LogP contribution in [-0.4, -0.2) is 98.4 Å². The van der Waals surface area contributed by atoms with E-state index in [9.17, 15) is 39.3 Å². The minimum absolute atomic E-state index is 0.0140. The molecule has 64 heavy (non-hydrogen) atoms. The third-order valence-electron chi connectivity index (χ3n) is 15.2. The van der Waals surface area contributed by atoms with Gasteiger partial charge in [-0.25, -0.2) is 14.4 Å². The smallest absolute Gasteiger partial charge is 0.408 e. The monoisotopic (exact) mass is 907 g/mol. The zero-order valence-corrected chi connectivity index (χ0v) is 38.5. The summed E-state index contributed by atoms with van der Waals surface area (Å²) in [6.07, 6.45) is -5.38. The molecule has 2 bridgehead atoms. The van der Waals surface area contributed by atoms with Gasteiger partial charge in [0.1, 0.15) is 28.9 Å². The zero-order valence-electron chi connectivity index (χ0n) is 37.7. The Hall–Kier alpha value is -4.64. The molecule has 0 aliphatic heterocycles. The summed E-state index contributed by atoms with van der Waals surface area (Å²) in [5.74, 6) is -6.76. The molecule has 5 aliphatic carbocycles. The molecule has 1 aromatic heterocycles. The Kier molecular flexibility index (Phi) is 12.8. The minimum Gasteiger partial charge on any atom is -0.458 e. The molecule has 7 rings (SSSR count). The number of hydrogen-bond donors (Lipinski definition) is 4. The topological polar surface area (TPSA) is 221 Å². The van der Waals surface area contributed by atoms with Crippen LogP contribution in [0.5, 0.6) is 0 Å². The van der Waals surface area contributed by atoms with Crippen LogP contribution in [0.1, 0.15) is 128 Å². The number of fused-ring (bicyclic) bond motifs is 5. The van der Waals surface area contributed by atoms with Gasteiger partial charge >= 0.3 is 30.0 Å². The molecule has 4 fully saturated rings. The van der Waals surface area contributed by atoms with Gasteiger partial charge < -0.3 is 44.3 Å². The number of nitrogens with one attached hydrogen (secondary N) is 1. The van der Waals surface area contributed by atoms with E-state index in [1.165, 1.54) is 32.9 Å². The highest BCUT2D eigenvalue weighted by Gasteiger charge is 2.81. The number of esters is 4. The van der Waals surface area contributed by atoms with Crippen molar-refractivity contribution >= 4 is 47.1 Å². The Bertz CT molecular complexity index is 2180. The number of hydrogen-bond acceptors (Lipinski definition) is 15. The standard InChI is InChI=1S/C48H61NO14S/c1-25(2)59-43(57)49-35(32-19-14-22-64-32)36(52)41(56)60-31-24-48(58)44(5,6)34(26(31)3)37(61-39(54)28-17-12-13-18-28)38(53)45(7)33(51)23-30-20-21-47(30,62-27(4)50)42(45)46(48,8)63-40(55)29-15-10-9-11-16-29/h9-11,14-16,19,22,25,28,30-31,33,35-37,42,51-52,58H,12-13,17-18,20-21,23-24H2,1-8H3,(H,49,57)/t30-,31+,33+,35+,36-,37-,42?,45+,46-,47+,48+/m1/s1. The van der Waals surface area contributed by atoms with Gasteiger partial charge in [-0.2, -0.15) is 0 Å². The van der Waals surface area contributed by atoms with E-state index in [-0.39, 0.29) is 29.6 Å². The fraction of sp³-hybridized carbons (Fsp3) is 0.625.